The van der Waals surface area contributed by atoms with Crippen molar-refractivity contribution < 1.29 is 0 Å². The molecule has 0 radical (unpaired) electrons. The average molecular weight is 248 g/mol. The maximum absolute atomic E-state index is 6.06. The third-order valence-electron chi connectivity index (χ3n) is 3.15. The number of nitrogens with one attached hydrogen (secondary N) is 1. The zero-order chi connectivity index (χ0) is 11.7. The first-order valence-corrected chi connectivity index (χ1v) is 6.82. The van der Waals surface area contributed by atoms with Crippen LogP contribution in [0.3, 0.4) is 0 Å². The van der Waals surface area contributed by atoms with Crippen LogP contribution in [0.4, 0.5) is 5.82 Å². The SMILES string of the molecule is Nc1cc(-c2cccs2)nn1[C@@H]1CCCNC1. The fourth-order valence-electron chi connectivity index (χ4n) is 2.29. The molecule has 1 aliphatic rings. The highest BCUT2D eigenvalue weighted by Crippen LogP contribution is 2.28. The van der Waals surface area contributed by atoms with Gasteiger partial charge in [-0.3, -0.25) is 0 Å². The summed E-state index contributed by atoms with van der Waals surface area (Å²) in [5.74, 6) is 0.766. The van der Waals surface area contributed by atoms with Crippen LogP contribution in [0, 0.1) is 0 Å². The van der Waals surface area contributed by atoms with Gasteiger partial charge in [0.1, 0.15) is 11.5 Å². The molecule has 3 heterocycles. The Morgan fingerprint density at radius 2 is 2.47 bits per heavy atom. The summed E-state index contributed by atoms with van der Waals surface area (Å²) in [4.78, 5) is 1.18. The van der Waals surface area contributed by atoms with Crippen molar-refractivity contribution in [3.8, 4) is 10.6 Å². The summed E-state index contributed by atoms with van der Waals surface area (Å²) in [6.45, 7) is 2.07. The van der Waals surface area contributed by atoms with Crippen LogP contribution in [0.25, 0.3) is 10.6 Å². The summed E-state index contributed by atoms with van der Waals surface area (Å²) in [5.41, 5.74) is 7.04. The lowest BCUT2D eigenvalue weighted by Gasteiger charge is -2.23. The molecule has 2 aromatic rings. The monoisotopic (exact) mass is 248 g/mol. The van der Waals surface area contributed by atoms with Gasteiger partial charge in [-0.1, -0.05) is 6.07 Å². The third-order valence-corrected chi connectivity index (χ3v) is 4.05. The Morgan fingerprint density at radius 1 is 1.53 bits per heavy atom. The van der Waals surface area contributed by atoms with Crippen LogP contribution in [0.1, 0.15) is 18.9 Å². The molecule has 3 rings (SSSR count). The molecule has 0 aromatic carbocycles. The van der Waals surface area contributed by atoms with Crippen LogP contribution < -0.4 is 11.1 Å². The molecule has 0 spiro atoms. The van der Waals surface area contributed by atoms with Crippen LogP contribution in [-0.2, 0) is 0 Å². The maximum Gasteiger partial charge on any atom is 0.122 e. The fraction of sp³-hybridized carbons (Fsp3) is 0.417. The second kappa shape index (κ2) is 4.50. The zero-order valence-electron chi connectivity index (χ0n) is 9.60. The van der Waals surface area contributed by atoms with Gasteiger partial charge in [0.2, 0.25) is 0 Å². The van der Waals surface area contributed by atoms with Crippen molar-refractivity contribution in [2.24, 2.45) is 0 Å². The highest BCUT2D eigenvalue weighted by atomic mass is 32.1. The van der Waals surface area contributed by atoms with Crippen molar-refractivity contribution >= 4 is 17.2 Å². The molecule has 2 aromatic heterocycles. The summed E-state index contributed by atoms with van der Waals surface area (Å²) in [6, 6.07) is 6.49. The molecule has 4 nitrogen and oxygen atoms in total. The van der Waals surface area contributed by atoms with Crippen LogP contribution in [0.5, 0.6) is 0 Å². The number of anilines is 1. The second-order valence-corrected chi connectivity index (χ2v) is 5.32. The van der Waals surface area contributed by atoms with E-state index >= 15 is 0 Å². The van der Waals surface area contributed by atoms with Gasteiger partial charge in [-0.05, 0) is 30.8 Å². The van der Waals surface area contributed by atoms with Crippen molar-refractivity contribution in [1.29, 1.82) is 0 Å². The molecule has 17 heavy (non-hydrogen) atoms. The molecular weight excluding hydrogens is 232 g/mol. The molecule has 1 atom stereocenters. The van der Waals surface area contributed by atoms with Crippen LogP contribution >= 0.6 is 11.3 Å². The Kier molecular flexibility index (Phi) is 2.86. The lowest BCUT2D eigenvalue weighted by Crippen LogP contribution is -2.32. The van der Waals surface area contributed by atoms with Crippen LogP contribution in [0.2, 0.25) is 0 Å². The molecule has 0 aliphatic carbocycles. The summed E-state index contributed by atoms with van der Waals surface area (Å²) in [6.07, 6.45) is 2.35. The van der Waals surface area contributed by atoms with E-state index in [0.29, 0.717) is 6.04 Å². The van der Waals surface area contributed by atoms with Gasteiger partial charge < -0.3 is 11.1 Å². The van der Waals surface area contributed by atoms with E-state index in [4.69, 9.17) is 5.73 Å². The van der Waals surface area contributed by atoms with E-state index in [1.807, 2.05) is 16.8 Å². The lowest BCUT2D eigenvalue weighted by molar-refractivity contribution is 0.351. The van der Waals surface area contributed by atoms with Gasteiger partial charge in [0.25, 0.3) is 0 Å². The summed E-state index contributed by atoms with van der Waals surface area (Å²) < 4.78 is 1.97. The highest BCUT2D eigenvalue weighted by Gasteiger charge is 2.19. The lowest BCUT2D eigenvalue weighted by atomic mass is 10.1. The van der Waals surface area contributed by atoms with Gasteiger partial charge in [-0.25, -0.2) is 4.68 Å². The van der Waals surface area contributed by atoms with Gasteiger partial charge in [0.15, 0.2) is 0 Å². The summed E-state index contributed by atoms with van der Waals surface area (Å²) in [7, 11) is 0. The Morgan fingerprint density at radius 3 is 3.18 bits per heavy atom. The number of hydrogen-bond acceptors (Lipinski definition) is 4. The van der Waals surface area contributed by atoms with E-state index in [2.05, 4.69) is 21.9 Å². The largest absolute Gasteiger partial charge is 0.384 e. The molecule has 5 heteroatoms. The standard InChI is InChI=1S/C12H16N4S/c13-12-7-10(11-4-2-6-17-11)15-16(12)9-3-1-5-14-8-9/h2,4,6-7,9,14H,1,3,5,8,13H2/t9-/m1/s1. The number of piperidine rings is 1. The molecule has 0 unspecified atom stereocenters. The molecule has 1 saturated heterocycles. The van der Waals surface area contributed by atoms with Gasteiger partial charge >= 0.3 is 0 Å². The zero-order valence-corrected chi connectivity index (χ0v) is 10.4. The Labute approximate surface area is 104 Å². The van der Waals surface area contributed by atoms with Gasteiger partial charge in [-0.15, -0.1) is 11.3 Å². The topological polar surface area (TPSA) is 55.9 Å². The summed E-state index contributed by atoms with van der Waals surface area (Å²) >= 11 is 1.70. The number of thiophene rings is 1. The van der Waals surface area contributed by atoms with Crippen molar-refractivity contribution in [3.05, 3.63) is 23.6 Å². The first kappa shape index (κ1) is 10.8. The number of nitrogens with zero attached hydrogens (tertiary/aromatic N) is 2. The smallest absolute Gasteiger partial charge is 0.122 e. The molecular formula is C12H16N4S. The maximum atomic E-state index is 6.06. The Balaban J connectivity index is 1.90. The number of hydrogen-bond donors (Lipinski definition) is 2. The van der Waals surface area contributed by atoms with E-state index in [-0.39, 0.29) is 0 Å². The summed E-state index contributed by atoms with van der Waals surface area (Å²) in [5, 5.41) is 10.1. The quantitative estimate of drug-likeness (QED) is 0.856. The van der Waals surface area contributed by atoms with E-state index < -0.39 is 0 Å². The Hall–Kier alpha value is -1.33. The van der Waals surface area contributed by atoms with E-state index in [1.165, 1.54) is 11.3 Å². The van der Waals surface area contributed by atoms with Crippen LogP contribution in [0.15, 0.2) is 23.6 Å². The number of nitrogens with two attached hydrogens (primary N) is 1. The predicted molar refractivity (Wildman–Crippen MR) is 71.1 cm³/mol. The normalized spacial score (nSPS) is 20.6. The fourth-order valence-corrected chi connectivity index (χ4v) is 2.97. The molecule has 1 aliphatic heterocycles. The molecule has 1 fully saturated rings. The van der Waals surface area contributed by atoms with E-state index in [0.717, 1.165) is 31.0 Å². The van der Waals surface area contributed by atoms with Gasteiger partial charge in [0.05, 0.1) is 10.9 Å². The minimum atomic E-state index is 0.400. The molecule has 0 amide bonds. The Bertz CT molecular complexity index is 483. The molecule has 90 valence electrons. The minimum Gasteiger partial charge on any atom is -0.384 e. The van der Waals surface area contributed by atoms with Crippen molar-refractivity contribution in [2.45, 2.75) is 18.9 Å². The minimum absolute atomic E-state index is 0.400. The average Bonchev–Trinajstić information content (AvgIpc) is 2.99. The first-order valence-electron chi connectivity index (χ1n) is 5.94. The van der Waals surface area contributed by atoms with Crippen molar-refractivity contribution in [2.75, 3.05) is 18.8 Å². The molecule has 3 N–H and O–H groups in total. The molecule has 0 saturated carbocycles. The number of rotatable bonds is 2. The number of nitrogen functional groups attached to an aromatic ring is 1. The van der Waals surface area contributed by atoms with Gasteiger partial charge in [-0.2, -0.15) is 5.10 Å². The first-order chi connectivity index (χ1) is 8.34. The van der Waals surface area contributed by atoms with Crippen molar-refractivity contribution in [1.82, 2.24) is 15.1 Å². The van der Waals surface area contributed by atoms with Crippen LogP contribution in [-0.4, -0.2) is 22.9 Å². The second-order valence-electron chi connectivity index (χ2n) is 4.38. The van der Waals surface area contributed by atoms with Crippen molar-refractivity contribution in [3.63, 3.8) is 0 Å². The van der Waals surface area contributed by atoms with Gasteiger partial charge in [0, 0.05) is 12.6 Å². The number of aromatic nitrogens is 2. The predicted octanol–water partition coefficient (Wildman–Crippen LogP) is 2.12. The highest BCUT2D eigenvalue weighted by molar-refractivity contribution is 7.13. The molecule has 0 bridgehead atoms. The van der Waals surface area contributed by atoms with E-state index in [1.54, 1.807) is 11.3 Å². The van der Waals surface area contributed by atoms with E-state index in [9.17, 15) is 0 Å². The third kappa shape index (κ3) is 2.08.